The van der Waals surface area contributed by atoms with E-state index in [-0.39, 0.29) is 11.8 Å². The van der Waals surface area contributed by atoms with Gasteiger partial charge < -0.3 is 15.6 Å². The Hall–Kier alpha value is -4.80. The lowest BCUT2D eigenvalue weighted by atomic mass is 10.1. The van der Waals surface area contributed by atoms with E-state index in [1.807, 2.05) is 30.3 Å². The molecule has 0 saturated carbocycles. The molecule has 41 heavy (non-hydrogen) atoms. The maximum Gasteiger partial charge on any atom is 0.251 e. The number of carbonyl (C=O) groups excluding carboxylic acids is 2. The van der Waals surface area contributed by atoms with Gasteiger partial charge in [-0.05, 0) is 58.8 Å². The van der Waals surface area contributed by atoms with E-state index < -0.39 is 6.04 Å². The van der Waals surface area contributed by atoms with E-state index in [9.17, 15) is 9.59 Å². The summed E-state index contributed by atoms with van der Waals surface area (Å²) in [5, 5.41) is 17.7. The van der Waals surface area contributed by atoms with Crippen molar-refractivity contribution in [2.24, 2.45) is 0 Å². The summed E-state index contributed by atoms with van der Waals surface area (Å²) in [6.45, 7) is 0. The summed E-state index contributed by atoms with van der Waals surface area (Å²) in [6, 6.07) is 21.4. The van der Waals surface area contributed by atoms with E-state index >= 15 is 0 Å². The molecule has 10 nitrogen and oxygen atoms in total. The van der Waals surface area contributed by atoms with E-state index in [0.29, 0.717) is 44.9 Å². The third kappa shape index (κ3) is 6.68. The van der Waals surface area contributed by atoms with Crippen LogP contribution in [0.5, 0.6) is 0 Å². The highest BCUT2D eigenvalue weighted by Crippen LogP contribution is 2.29. The van der Waals surface area contributed by atoms with Gasteiger partial charge in [0.1, 0.15) is 23.0 Å². The van der Waals surface area contributed by atoms with Crippen LogP contribution in [0.15, 0.2) is 85.2 Å². The largest absolute Gasteiger partial charge is 0.355 e. The molecule has 0 aliphatic carbocycles. The molecule has 206 valence electrons. The summed E-state index contributed by atoms with van der Waals surface area (Å²) in [5.41, 5.74) is 4.08. The zero-order valence-corrected chi connectivity index (χ0v) is 23.3. The van der Waals surface area contributed by atoms with Gasteiger partial charge in [-0.3, -0.25) is 9.59 Å². The smallest absolute Gasteiger partial charge is 0.251 e. The second-order valence-corrected chi connectivity index (χ2v) is 9.80. The first-order valence-corrected chi connectivity index (χ1v) is 13.3. The molecule has 5 aromatic rings. The van der Waals surface area contributed by atoms with Crippen LogP contribution < -0.4 is 10.6 Å². The zero-order valence-electron chi connectivity index (χ0n) is 21.8. The molecule has 0 radical (unpaired) electrons. The number of nitrogens with one attached hydrogen (secondary N) is 3. The first-order chi connectivity index (χ1) is 19.9. The van der Waals surface area contributed by atoms with Gasteiger partial charge in [-0.25, -0.2) is 4.98 Å². The summed E-state index contributed by atoms with van der Waals surface area (Å²) in [7, 11) is 1.58. The highest BCUT2D eigenvalue weighted by atomic mass is 35.5. The molecule has 2 aromatic heterocycles. The summed E-state index contributed by atoms with van der Waals surface area (Å²) in [6.07, 6.45) is 4.99. The van der Waals surface area contributed by atoms with Crippen LogP contribution >= 0.6 is 23.2 Å². The van der Waals surface area contributed by atoms with Gasteiger partial charge in [-0.1, -0.05) is 65.7 Å². The number of tetrazole rings is 1. The molecular weight excluding hydrogens is 563 g/mol. The van der Waals surface area contributed by atoms with Crippen molar-refractivity contribution >= 4 is 41.1 Å². The normalized spacial score (nSPS) is 11.9. The van der Waals surface area contributed by atoms with Crippen LogP contribution in [0.25, 0.3) is 23.0 Å². The predicted molar refractivity (Wildman–Crippen MR) is 157 cm³/mol. The molecule has 12 heteroatoms. The number of hydrogen-bond acceptors (Lipinski definition) is 6. The number of nitrogens with zero attached hydrogens (tertiary/aromatic N) is 5. The summed E-state index contributed by atoms with van der Waals surface area (Å²) < 4.78 is 1.49. The highest BCUT2D eigenvalue weighted by Gasteiger charge is 2.21. The predicted octanol–water partition coefficient (Wildman–Crippen LogP) is 4.83. The number of hydrogen-bond donors (Lipinski definition) is 3. The molecule has 2 amide bonds. The molecule has 5 rings (SSSR count). The van der Waals surface area contributed by atoms with Crippen molar-refractivity contribution in [1.82, 2.24) is 40.8 Å². The summed E-state index contributed by atoms with van der Waals surface area (Å²) in [5.74, 6) is -0.0485. The van der Waals surface area contributed by atoms with E-state index in [1.165, 1.54) is 17.1 Å². The Balaban J connectivity index is 1.41. The second kappa shape index (κ2) is 12.6. The number of rotatable bonds is 9. The van der Waals surface area contributed by atoms with Crippen molar-refractivity contribution in [3.05, 3.63) is 118 Å². The number of aromatic amines is 1. The van der Waals surface area contributed by atoms with Crippen molar-refractivity contribution in [3.63, 3.8) is 0 Å². The van der Waals surface area contributed by atoms with Gasteiger partial charge in [0.2, 0.25) is 5.91 Å². The molecule has 0 aliphatic rings. The number of carbonyl (C=O) groups is 2. The molecular formula is C29H24Cl2N8O2. The van der Waals surface area contributed by atoms with Crippen LogP contribution in [-0.2, 0) is 11.2 Å². The summed E-state index contributed by atoms with van der Waals surface area (Å²) >= 11 is 12.8. The molecule has 0 bridgehead atoms. The van der Waals surface area contributed by atoms with Gasteiger partial charge in [0.05, 0.1) is 11.7 Å². The number of aromatic nitrogens is 6. The fraction of sp³-hybridized carbons (Fsp3) is 0.103. The number of imidazole rings is 1. The standard InChI is InChI=1S/C29H24Cl2N8O2/c1-32-29(41)20-9-7-19(8-10-20)26-27(31)36-28(35-26)23(15-18-5-3-2-4-6-18)34-25(40)14-11-21-16-22(30)12-13-24(21)39-17-33-37-38-39/h2-14,16-17,23H,15H2,1H3,(H,32,41)(H,34,40)(H,35,36)/b14-11+/t23-/m0/s1. The lowest BCUT2D eigenvalue weighted by Crippen LogP contribution is -2.29. The van der Waals surface area contributed by atoms with Crippen LogP contribution in [0.1, 0.15) is 33.4 Å². The Morgan fingerprint density at radius 3 is 2.54 bits per heavy atom. The quantitative estimate of drug-likeness (QED) is 0.212. The Morgan fingerprint density at radius 1 is 1.05 bits per heavy atom. The number of halogens is 2. The Labute approximate surface area is 245 Å². The fourth-order valence-corrected chi connectivity index (χ4v) is 4.67. The molecule has 0 spiro atoms. The molecule has 2 heterocycles. The van der Waals surface area contributed by atoms with Crippen molar-refractivity contribution in [1.29, 1.82) is 0 Å². The Kier molecular flexibility index (Phi) is 8.52. The maximum atomic E-state index is 13.2. The first kappa shape index (κ1) is 27.8. The van der Waals surface area contributed by atoms with Gasteiger partial charge in [0.15, 0.2) is 0 Å². The Morgan fingerprint density at radius 2 is 1.83 bits per heavy atom. The average molecular weight is 587 g/mol. The minimum absolute atomic E-state index is 0.188. The van der Waals surface area contributed by atoms with E-state index in [0.717, 1.165) is 11.1 Å². The third-order valence-electron chi connectivity index (χ3n) is 6.25. The molecule has 0 saturated heterocycles. The molecule has 3 aromatic carbocycles. The van der Waals surface area contributed by atoms with Crippen molar-refractivity contribution in [2.75, 3.05) is 7.05 Å². The van der Waals surface area contributed by atoms with E-state index in [4.69, 9.17) is 28.2 Å². The van der Waals surface area contributed by atoms with Gasteiger partial charge in [0, 0.05) is 34.8 Å². The van der Waals surface area contributed by atoms with Gasteiger partial charge >= 0.3 is 0 Å². The Bertz CT molecular complexity index is 1680. The minimum Gasteiger partial charge on any atom is -0.355 e. The topological polar surface area (TPSA) is 130 Å². The van der Waals surface area contributed by atoms with Crippen LogP contribution in [0.4, 0.5) is 0 Å². The van der Waals surface area contributed by atoms with E-state index in [1.54, 1.807) is 55.6 Å². The molecule has 0 aliphatic heterocycles. The van der Waals surface area contributed by atoms with Crippen molar-refractivity contribution in [3.8, 4) is 16.9 Å². The van der Waals surface area contributed by atoms with Gasteiger partial charge in [-0.15, -0.1) is 5.10 Å². The van der Waals surface area contributed by atoms with Crippen LogP contribution in [0, 0.1) is 0 Å². The zero-order chi connectivity index (χ0) is 28.8. The van der Waals surface area contributed by atoms with Gasteiger partial charge in [0.25, 0.3) is 5.91 Å². The van der Waals surface area contributed by atoms with Crippen LogP contribution in [-0.4, -0.2) is 49.0 Å². The molecule has 0 fully saturated rings. The lowest BCUT2D eigenvalue weighted by molar-refractivity contribution is -0.117. The third-order valence-corrected chi connectivity index (χ3v) is 6.76. The second-order valence-electron chi connectivity index (χ2n) is 8.98. The highest BCUT2D eigenvalue weighted by molar-refractivity contribution is 6.32. The maximum absolute atomic E-state index is 13.2. The molecule has 0 unspecified atom stereocenters. The first-order valence-electron chi connectivity index (χ1n) is 12.5. The fourth-order valence-electron chi connectivity index (χ4n) is 4.24. The van der Waals surface area contributed by atoms with Gasteiger partial charge in [-0.2, -0.15) is 4.68 Å². The lowest BCUT2D eigenvalue weighted by Gasteiger charge is -2.16. The monoisotopic (exact) mass is 586 g/mol. The van der Waals surface area contributed by atoms with Crippen LogP contribution in [0.2, 0.25) is 10.2 Å². The SMILES string of the molecule is CNC(=O)c1ccc(-c2nc([C@H](Cc3ccccc3)NC(=O)/C=C/c3cc(Cl)ccc3-n3cnnn3)[nH]c2Cl)cc1. The number of benzene rings is 3. The number of H-pyrrole nitrogens is 1. The summed E-state index contributed by atoms with van der Waals surface area (Å²) in [4.78, 5) is 32.9. The van der Waals surface area contributed by atoms with Crippen molar-refractivity contribution < 1.29 is 9.59 Å². The molecule has 1 atom stereocenters. The minimum atomic E-state index is -0.524. The number of amides is 2. The van der Waals surface area contributed by atoms with E-state index in [2.05, 4.69) is 31.1 Å². The molecule has 3 N–H and O–H groups in total. The van der Waals surface area contributed by atoms with Crippen LogP contribution in [0.3, 0.4) is 0 Å². The van der Waals surface area contributed by atoms with Crippen molar-refractivity contribution in [2.45, 2.75) is 12.5 Å². The average Bonchev–Trinajstić information content (AvgIpc) is 3.66.